The van der Waals surface area contributed by atoms with E-state index in [0.717, 1.165) is 38.9 Å². The lowest BCUT2D eigenvalue weighted by Crippen LogP contribution is -2.28. The van der Waals surface area contributed by atoms with E-state index < -0.39 is 0 Å². The van der Waals surface area contributed by atoms with Crippen LogP contribution in [0.15, 0.2) is 94.1 Å². The van der Waals surface area contributed by atoms with Gasteiger partial charge in [-0.2, -0.15) is 0 Å². The molecular weight excluding hydrogens is 384 g/mol. The molecule has 0 atom stereocenters. The molecule has 3 aromatic carbocycles. The van der Waals surface area contributed by atoms with Gasteiger partial charge in [-0.1, -0.05) is 67.2 Å². The predicted molar refractivity (Wildman–Crippen MR) is 125 cm³/mol. The molecule has 4 nitrogen and oxygen atoms in total. The summed E-state index contributed by atoms with van der Waals surface area (Å²) in [6.45, 7) is 6.24. The molecule has 0 bridgehead atoms. The zero-order chi connectivity index (χ0) is 21.4. The molecule has 0 aliphatic rings. The monoisotopic (exact) mass is 404 g/mol. The predicted octanol–water partition coefficient (Wildman–Crippen LogP) is 4.19. The standard InChI is InChI=1S/C27H20N2O2/c1-18-15-25-22(13-14-26(30)31-25)17-23(18)29-24(16-20-9-5-3-6-10-20)19(2)28-27(29)21-11-7-4-8-12-21/h3-17H,2H2,1H3/b24-16+. The lowest BCUT2D eigenvalue weighted by atomic mass is 10.1. The highest BCUT2D eigenvalue weighted by Crippen LogP contribution is 2.25. The molecule has 31 heavy (non-hydrogen) atoms. The first-order valence-electron chi connectivity index (χ1n) is 10.0. The lowest BCUT2D eigenvalue weighted by Gasteiger charge is -2.13. The lowest BCUT2D eigenvalue weighted by molar-refractivity contribution is 0.560. The van der Waals surface area contributed by atoms with Crippen LogP contribution in [0.5, 0.6) is 0 Å². The molecule has 0 radical (unpaired) electrons. The average molecular weight is 404 g/mol. The molecule has 0 amide bonds. The fraction of sp³-hybridized carbons (Fsp3) is 0.0370. The first-order chi connectivity index (χ1) is 15.1. The fourth-order valence-electron chi connectivity index (χ4n) is 3.80. The second kappa shape index (κ2) is 7.58. The largest absolute Gasteiger partial charge is 0.423 e. The summed E-state index contributed by atoms with van der Waals surface area (Å²) in [5, 5.41) is 2.45. The van der Waals surface area contributed by atoms with Gasteiger partial charge in [-0.15, -0.1) is 0 Å². The van der Waals surface area contributed by atoms with Crippen LogP contribution in [-0.2, 0) is 0 Å². The first kappa shape index (κ1) is 18.8. The number of imidazole rings is 1. The normalized spacial score (nSPS) is 11.8. The molecule has 0 aliphatic carbocycles. The maximum Gasteiger partial charge on any atom is 0.336 e. The van der Waals surface area contributed by atoms with Crippen molar-refractivity contribution in [2.45, 2.75) is 6.92 Å². The van der Waals surface area contributed by atoms with Crippen molar-refractivity contribution in [3.05, 3.63) is 117 Å². The molecule has 5 aromatic rings. The summed E-state index contributed by atoms with van der Waals surface area (Å²) >= 11 is 0. The van der Waals surface area contributed by atoms with Crippen LogP contribution in [-0.4, -0.2) is 9.55 Å². The Balaban J connectivity index is 1.87. The molecule has 0 saturated heterocycles. The highest BCUT2D eigenvalue weighted by molar-refractivity contribution is 5.81. The zero-order valence-corrected chi connectivity index (χ0v) is 17.1. The first-order valence-corrected chi connectivity index (χ1v) is 10.0. The van der Waals surface area contributed by atoms with E-state index in [0.29, 0.717) is 10.9 Å². The van der Waals surface area contributed by atoms with Crippen molar-refractivity contribution < 1.29 is 4.42 Å². The number of aromatic nitrogens is 2. The quantitative estimate of drug-likeness (QED) is 0.424. The molecule has 150 valence electrons. The van der Waals surface area contributed by atoms with E-state index >= 15 is 0 Å². The molecule has 0 spiro atoms. The number of hydrogen-bond donors (Lipinski definition) is 0. The van der Waals surface area contributed by atoms with Gasteiger partial charge in [-0.3, -0.25) is 4.57 Å². The summed E-state index contributed by atoms with van der Waals surface area (Å²) < 4.78 is 7.51. The number of nitrogens with zero attached hydrogens (tertiary/aromatic N) is 2. The Hall–Kier alpha value is -4.18. The summed E-state index contributed by atoms with van der Waals surface area (Å²) in [4.78, 5) is 16.5. The van der Waals surface area contributed by atoms with Crippen molar-refractivity contribution in [3.63, 3.8) is 0 Å². The van der Waals surface area contributed by atoms with Crippen molar-refractivity contribution in [1.29, 1.82) is 0 Å². The Bertz CT molecular complexity index is 1560. The van der Waals surface area contributed by atoms with Gasteiger partial charge in [0.1, 0.15) is 11.4 Å². The fourth-order valence-corrected chi connectivity index (χ4v) is 3.80. The molecule has 5 rings (SSSR count). The van der Waals surface area contributed by atoms with Crippen LogP contribution in [0.25, 0.3) is 40.7 Å². The van der Waals surface area contributed by atoms with Crippen LogP contribution < -0.4 is 16.3 Å². The highest BCUT2D eigenvalue weighted by Gasteiger charge is 2.15. The summed E-state index contributed by atoms with van der Waals surface area (Å²) in [6.07, 6.45) is 2.09. The molecule has 0 fully saturated rings. The molecule has 0 N–H and O–H groups in total. The summed E-state index contributed by atoms with van der Waals surface area (Å²) in [5.41, 5.74) is 4.21. The minimum atomic E-state index is -0.356. The van der Waals surface area contributed by atoms with Crippen molar-refractivity contribution in [1.82, 2.24) is 9.55 Å². The molecule has 0 unspecified atom stereocenters. The van der Waals surface area contributed by atoms with E-state index in [4.69, 9.17) is 9.40 Å². The molecule has 0 saturated carbocycles. The average Bonchev–Trinajstić information content (AvgIpc) is 3.10. The van der Waals surface area contributed by atoms with Gasteiger partial charge in [-0.05, 0) is 42.3 Å². The molecule has 0 aliphatic heterocycles. The molecule has 2 heterocycles. The zero-order valence-electron chi connectivity index (χ0n) is 17.1. The second-order valence-corrected chi connectivity index (χ2v) is 7.45. The van der Waals surface area contributed by atoms with Crippen molar-refractivity contribution in [3.8, 4) is 17.1 Å². The van der Waals surface area contributed by atoms with E-state index in [9.17, 15) is 4.79 Å². The van der Waals surface area contributed by atoms with Gasteiger partial charge in [0, 0.05) is 17.0 Å². The summed E-state index contributed by atoms with van der Waals surface area (Å²) in [7, 11) is 0. The number of rotatable bonds is 3. The molecule has 2 aromatic heterocycles. The van der Waals surface area contributed by atoms with Gasteiger partial charge in [-0.25, -0.2) is 9.78 Å². The minimum Gasteiger partial charge on any atom is -0.423 e. The van der Waals surface area contributed by atoms with Crippen LogP contribution in [0.1, 0.15) is 11.1 Å². The smallest absolute Gasteiger partial charge is 0.336 e. The van der Waals surface area contributed by atoms with E-state index in [2.05, 4.69) is 29.4 Å². The van der Waals surface area contributed by atoms with E-state index in [-0.39, 0.29) is 5.63 Å². The van der Waals surface area contributed by atoms with Crippen molar-refractivity contribution in [2.75, 3.05) is 0 Å². The topological polar surface area (TPSA) is 48.0 Å². The maximum atomic E-state index is 11.7. The Morgan fingerprint density at radius 1 is 0.935 bits per heavy atom. The number of hydrogen-bond acceptors (Lipinski definition) is 3. The third-order valence-corrected chi connectivity index (χ3v) is 5.30. The third-order valence-electron chi connectivity index (χ3n) is 5.30. The summed E-state index contributed by atoms with van der Waals surface area (Å²) in [5.74, 6) is 0.813. The van der Waals surface area contributed by atoms with Crippen molar-refractivity contribution >= 4 is 23.6 Å². The SMILES string of the molecule is C=c1nc(-c2ccccc2)n(-c2cc3ccc(=O)oc3cc2C)/c1=C/c1ccccc1. The van der Waals surface area contributed by atoms with Crippen LogP contribution in [0, 0.1) is 6.92 Å². The summed E-state index contributed by atoms with van der Waals surface area (Å²) in [6, 6.07) is 27.4. The number of benzene rings is 3. The minimum absolute atomic E-state index is 0.356. The van der Waals surface area contributed by atoms with E-state index in [1.54, 1.807) is 6.07 Å². The Morgan fingerprint density at radius 2 is 1.65 bits per heavy atom. The van der Waals surface area contributed by atoms with Gasteiger partial charge in [0.05, 0.1) is 16.4 Å². The van der Waals surface area contributed by atoms with Crippen LogP contribution in [0.2, 0.25) is 0 Å². The van der Waals surface area contributed by atoms with Gasteiger partial charge in [0.25, 0.3) is 0 Å². The van der Waals surface area contributed by atoms with Gasteiger partial charge in [0.2, 0.25) is 0 Å². The highest BCUT2D eigenvalue weighted by atomic mass is 16.4. The molecule has 4 heteroatoms. The van der Waals surface area contributed by atoms with Gasteiger partial charge in [0.15, 0.2) is 0 Å². The third kappa shape index (κ3) is 3.49. The van der Waals surface area contributed by atoms with Crippen LogP contribution >= 0.6 is 0 Å². The van der Waals surface area contributed by atoms with Gasteiger partial charge >= 0.3 is 5.63 Å². The van der Waals surface area contributed by atoms with E-state index in [1.165, 1.54) is 6.07 Å². The van der Waals surface area contributed by atoms with Crippen molar-refractivity contribution in [2.24, 2.45) is 0 Å². The maximum absolute atomic E-state index is 11.7. The Morgan fingerprint density at radius 3 is 2.39 bits per heavy atom. The number of fused-ring (bicyclic) bond motifs is 1. The molecular formula is C27H20N2O2. The second-order valence-electron chi connectivity index (χ2n) is 7.45. The van der Waals surface area contributed by atoms with E-state index in [1.807, 2.05) is 67.6 Å². The van der Waals surface area contributed by atoms with Crippen LogP contribution in [0.4, 0.5) is 0 Å². The Labute approximate surface area is 179 Å². The Kier molecular flexibility index (Phi) is 4.60. The van der Waals surface area contributed by atoms with Crippen LogP contribution in [0.3, 0.4) is 0 Å². The number of aryl methyl sites for hydroxylation is 1. The van der Waals surface area contributed by atoms with Gasteiger partial charge < -0.3 is 4.42 Å².